The van der Waals surface area contributed by atoms with Gasteiger partial charge in [0.05, 0.1) is 0 Å². The van der Waals surface area contributed by atoms with E-state index in [1.807, 2.05) is 19.9 Å². The van der Waals surface area contributed by atoms with Crippen LogP contribution in [-0.4, -0.2) is 28.8 Å². The van der Waals surface area contributed by atoms with Gasteiger partial charge in [-0.15, -0.1) is 0 Å². The predicted molar refractivity (Wildman–Crippen MR) is 86.7 cm³/mol. The van der Waals surface area contributed by atoms with E-state index in [2.05, 4.69) is 12.2 Å². The van der Waals surface area contributed by atoms with E-state index in [1.54, 1.807) is 0 Å². The number of hydrogen-bond acceptors (Lipinski definition) is 3. The molecule has 0 spiro atoms. The van der Waals surface area contributed by atoms with Crippen molar-refractivity contribution in [3.63, 3.8) is 0 Å². The van der Waals surface area contributed by atoms with Crippen molar-refractivity contribution in [2.45, 2.75) is 58.9 Å². The lowest BCUT2D eigenvalue weighted by atomic mass is 9.74. The maximum atomic E-state index is 12.7. The predicted octanol–water partition coefficient (Wildman–Crippen LogP) is 2.55. The molecule has 0 heterocycles. The second-order valence-electron chi connectivity index (χ2n) is 6.92. The second-order valence-corrected chi connectivity index (χ2v) is 6.92. The Morgan fingerprint density at radius 2 is 2.04 bits per heavy atom. The zero-order valence-electron chi connectivity index (χ0n) is 14.2. The van der Waals surface area contributed by atoms with Crippen molar-refractivity contribution >= 4 is 17.7 Å². The van der Waals surface area contributed by atoms with Gasteiger partial charge in [-0.05, 0) is 37.0 Å². The Labute approximate surface area is 137 Å². The van der Waals surface area contributed by atoms with Crippen LogP contribution < -0.4 is 5.32 Å². The lowest BCUT2D eigenvalue weighted by Gasteiger charge is -2.31. The molecule has 1 fully saturated rings. The first-order valence-electron chi connectivity index (χ1n) is 8.67. The number of amides is 1. The summed E-state index contributed by atoms with van der Waals surface area (Å²) >= 11 is 0. The van der Waals surface area contributed by atoms with Gasteiger partial charge in [-0.2, -0.15) is 0 Å². The highest BCUT2D eigenvalue weighted by molar-refractivity contribution is 5.98. The highest BCUT2D eigenvalue weighted by atomic mass is 16.4. The van der Waals surface area contributed by atoms with Crippen molar-refractivity contribution in [3.05, 3.63) is 11.6 Å². The lowest BCUT2D eigenvalue weighted by Crippen LogP contribution is -2.47. The van der Waals surface area contributed by atoms with Crippen molar-refractivity contribution in [1.29, 1.82) is 0 Å². The Balaban J connectivity index is 2.20. The van der Waals surface area contributed by atoms with Crippen LogP contribution in [0.15, 0.2) is 11.6 Å². The summed E-state index contributed by atoms with van der Waals surface area (Å²) in [6, 6.07) is -0.883. The number of carbonyl (C=O) groups excluding carboxylic acids is 2. The molecule has 0 radical (unpaired) electrons. The van der Waals surface area contributed by atoms with Gasteiger partial charge in [-0.3, -0.25) is 9.59 Å². The number of carboxylic acid groups (broad SMARTS) is 1. The molecule has 2 aliphatic carbocycles. The molecule has 1 amide bonds. The zero-order chi connectivity index (χ0) is 17.1. The normalized spacial score (nSPS) is 29.4. The van der Waals surface area contributed by atoms with Crippen LogP contribution in [0, 0.1) is 23.7 Å². The first-order chi connectivity index (χ1) is 10.9. The lowest BCUT2D eigenvalue weighted by molar-refractivity contribution is -0.143. The molecule has 5 nitrogen and oxygen atoms in total. The molecule has 1 saturated carbocycles. The highest BCUT2D eigenvalue weighted by Crippen LogP contribution is 2.43. The fraction of sp³-hybridized carbons (Fsp3) is 0.722. The highest BCUT2D eigenvalue weighted by Gasteiger charge is 2.43. The van der Waals surface area contributed by atoms with Crippen LogP contribution in [0.25, 0.3) is 0 Å². The van der Waals surface area contributed by atoms with E-state index in [0.717, 1.165) is 12.8 Å². The summed E-state index contributed by atoms with van der Waals surface area (Å²) in [5.74, 6) is -1.05. The van der Waals surface area contributed by atoms with Crippen LogP contribution in [-0.2, 0) is 14.4 Å². The van der Waals surface area contributed by atoms with Crippen LogP contribution >= 0.6 is 0 Å². The Kier molecular flexibility index (Phi) is 5.60. The molecular weight excluding hydrogens is 294 g/mol. The molecule has 0 aromatic heterocycles. The van der Waals surface area contributed by atoms with Gasteiger partial charge < -0.3 is 10.4 Å². The quantitative estimate of drug-likeness (QED) is 0.787. The van der Waals surface area contributed by atoms with Crippen molar-refractivity contribution < 1.29 is 19.5 Å². The maximum Gasteiger partial charge on any atom is 0.326 e. The molecular formula is C18H27NO4. The average molecular weight is 321 g/mol. The van der Waals surface area contributed by atoms with Crippen molar-refractivity contribution in [2.75, 3.05) is 0 Å². The molecule has 0 unspecified atom stereocenters. The SMILES string of the molecule is CC[C@H]1C=C(C(=O)N[C@@H](C(=O)O)[C@@H](C)CC)[C@H]2CCC(=O)[C@H]2C1. The number of rotatable bonds is 6. The van der Waals surface area contributed by atoms with Crippen molar-refractivity contribution in [2.24, 2.45) is 23.7 Å². The minimum Gasteiger partial charge on any atom is -0.480 e. The van der Waals surface area contributed by atoms with Crippen LogP contribution in [0.3, 0.4) is 0 Å². The third-order valence-corrected chi connectivity index (χ3v) is 5.52. The summed E-state index contributed by atoms with van der Waals surface area (Å²) in [6.45, 7) is 5.78. The fourth-order valence-corrected chi connectivity index (χ4v) is 3.78. The number of hydrogen-bond donors (Lipinski definition) is 2. The summed E-state index contributed by atoms with van der Waals surface area (Å²) in [5.41, 5.74) is 0.633. The molecule has 2 aliphatic rings. The fourth-order valence-electron chi connectivity index (χ4n) is 3.78. The van der Waals surface area contributed by atoms with Crippen LogP contribution in [0.5, 0.6) is 0 Å². The summed E-state index contributed by atoms with van der Waals surface area (Å²) in [6.07, 6.45) is 5.61. The van der Waals surface area contributed by atoms with Gasteiger partial charge >= 0.3 is 5.97 Å². The van der Waals surface area contributed by atoms with E-state index in [0.29, 0.717) is 24.8 Å². The Hall–Kier alpha value is -1.65. The van der Waals surface area contributed by atoms with E-state index in [1.165, 1.54) is 0 Å². The Morgan fingerprint density at radius 3 is 2.61 bits per heavy atom. The van der Waals surface area contributed by atoms with Gasteiger partial charge in [-0.1, -0.05) is 33.3 Å². The molecule has 2 N–H and O–H groups in total. The van der Waals surface area contributed by atoms with Gasteiger partial charge in [0.2, 0.25) is 5.91 Å². The molecule has 23 heavy (non-hydrogen) atoms. The zero-order valence-corrected chi connectivity index (χ0v) is 14.2. The van der Waals surface area contributed by atoms with Gasteiger partial charge in [0.1, 0.15) is 11.8 Å². The molecule has 2 rings (SSSR count). The maximum absolute atomic E-state index is 12.7. The number of Topliss-reactive ketones (excluding diaryl/α,β-unsaturated/α-hetero) is 1. The van der Waals surface area contributed by atoms with Crippen molar-refractivity contribution in [3.8, 4) is 0 Å². The van der Waals surface area contributed by atoms with E-state index in [4.69, 9.17) is 0 Å². The Morgan fingerprint density at radius 1 is 1.35 bits per heavy atom. The van der Waals surface area contributed by atoms with E-state index >= 15 is 0 Å². The summed E-state index contributed by atoms with van der Waals surface area (Å²) in [4.78, 5) is 36.2. The molecule has 0 aromatic rings. The second kappa shape index (κ2) is 7.28. The third-order valence-electron chi connectivity index (χ3n) is 5.52. The minimum atomic E-state index is -1.00. The molecule has 0 saturated heterocycles. The molecule has 128 valence electrons. The molecule has 0 aliphatic heterocycles. The molecule has 5 heteroatoms. The largest absolute Gasteiger partial charge is 0.480 e. The first kappa shape index (κ1) is 17.7. The van der Waals surface area contributed by atoms with Crippen LogP contribution in [0.4, 0.5) is 0 Å². The molecule has 0 aromatic carbocycles. The monoisotopic (exact) mass is 321 g/mol. The Bertz CT molecular complexity index is 525. The first-order valence-corrected chi connectivity index (χ1v) is 8.67. The third kappa shape index (κ3) is 3.65. The number of fused-ring (bicyclic) bond motifs is 1. The molecule has 5 atom stereocenters. The van der Waals surface area contributed by atoms with Crippen LogP contribution in [0.2, 0.25) is 0 Å². The number of aliphatic carboxylic acids is 1. The van der Waals surface area contributed by atoms with Gasteiger partial charge in [0.25, 0.3) is 0 Å². The summed E-state index contributed by atoms with van der Waals surface area (Å²) < 4.78 is 0. The van der Waals surface area contributed by atoms with E-state index < -0.39 is 12.0 Å². The smallest absolute Gasteiger partial charge is 0.326 e. The number of allylic oxidation sites excluding steroid dienone is 1. The number of ketones is 1. The van der Waals surface area contributed by atoms with Crippen molar-refractivity contribution in [1.82, 2.24) is 5.32 Å². The summed E-state index contributed by atoms with van der Waals surface area (Å²) in [5, 5.41) is 12.1. The summed E-state index contributed by atoms with van der Waals surface area (Å²) in [7, 11) is 0. The number of carbonyl (C=O) groups is 3. The van der Waals surface area contributed by atoms with Gasteiger partial charge in [0, 0.05) is 17.9 Å². The number of carboxylic acids is 1. The minimum absolute atomic E-state index is 0.0309. The number of nitrogens with one attached hydrogen (secondary N) is 1. The standard InChI is InChI=1S/C18H27NO4/c1-4-10(3)16(18(22)23)19-17(21)14-9-11(5-2)8-13-12(14)6-7-15(13)20/h9-13,16H,4-8H2,1-3H3,(H,19,21)(H,22,23)/t10-,11+,12-,13-,16+/m0/s1. The van der Waals surface area contributed by atoms with Crippen LogP contribution in [0.1, 0.15) is 52.9 Å². The van der Waals surface area contributed by atoms with Gasteiger partial charge in [-0.25, -0.2) is 4.79 Å². The van der Waals surface area contributed by atoms with Gasteiger partial charge in [0.15, 0.2) is 0 Å². The average Bonchev–Trinajstić information content (AvgIpc) is 2.91. The van der Waals surface area contributed by atoms with E-state index in [9.17, 15) is 19.5 Å². The molecule has 0 bridgehead atoms. The topological polar surface area (TPSA) is 83.5 Å². The van der Waals surface area contributed by atoms with E-state index in [-0.39, 0.29) is 35.4 Å².